The van der Waals surface area contributed by atoms with Gasteiger partial charge in [-0.3, -0.25) is 0 Å². The number of nitrogens with zero attached hydrogens (tertiary/aromatic N) is 3. The van der Waals surface area contributed by atoms with Crippen LogP contribution in [0.3, 0.4) is 0 Å². The fourth-order valence-electron chi connectivity index (χ4n) is 3.36. The summed E-state index contributed by atoms with van der Waals surface area (Å²) in [5, 5.41) is 11.9. The Bertz CT molecular complexity index is 976. The predicted octanol–water partition coefficient (Wildman–Crippen LogP) is 5.02. The molecule has 3 rings (SSSR count). The van der Waals surface area contributed by atoms with E-state index in [1.165, 1.54) is 12.1 Å². The molecule has 2 aromatic rings. The van der Waals surface area contributed by atoms with Gasteiger partial charge in [0.1, 0.15) is 23.3 Å². The fraction of sp³-hybridized carbons (Fsp3) is 0.409. The van der Waals surface area contributed by atoms with E-state index in [1.54, 1.807) is 12.3 Å². The zero-order valence-corrected chi connectivity index (χ0v) is 18.8. The Hall–Kier alpha value is -2.66. The van der Waals surface area contributed by atoms with Gasteiger partial charge < -0.3 is 15.0 Å². The topological polar surface area (TPSA) is 78.2 Å². The van der Waals surface area contributed by atoms with Crippen LogP contribution in [0.15, 0.2) is 34.9 Å². The fourth-order valence-corrected chi connectivity index (χ4v) is 4.07. The molecule has 1 fully saturated rings. The van der Waals surface area contributed by atoms with Gasteiger partial charge in [0.15, 0.2) is 0 Å². The monoisotopic (exact) mass is 474 g/mol. The Morgan fingerprint density at radius 2 is 2.03 bits per heavy atom. The predicted molar refractivity (Wildman–Crippen MR) is 117 cm³/mol. The van der Waals surface area contributed by atoms with E-state index in [1.807, 2.05) is 32.9 Å². The highest BCUT2D eigenvalue weighted by molar-refractivity contribution is 9.10. The largest absolute Gasteiger partial charge is 0.444 e. The molecule has 6 nitrogen and oxygen atoms in total. The molecule has 0 radical (unpaired) electrons. The van der Waals surface area contributed by atoms with Crippen molar-refractivity contribution < 1.29 is 13.9 Å². The van der Waals surface area contributed by atoms with Crippen LogP contribution in [0.2, 0.25) is 0 Å². The van der Waals surface area contributed by atoms with Gasteiger partial charge >= 0.3 is 6.09 Å². The van der Waals surface area contributed by atoms with Gasteiger partial charge in [-0.15, -0.1) is 0 Å². The number of piperidine rings is 1. The minimum atomic E-state index is -0.547. The summed E-state index contributed by atoms with van der Waals surface area (Å²) in [5.41, 5.74) is 0.967. The molecule has 1 aliphatic rings. The third kappa shape index (κ3) is 5.28. The molecule has 0 saturated carbocycles. The van der Waals surface area contributed by atoms with Crippen LogP contribution in [0, 0.1) is 17.1 Å². The van der Waals surface area contributed by atoms with Crippen molar-refractivity contribution in [1.29, 1.82) is 5.26 Å². The lowest BCUT2D eigenvalue weighted by Gasteiger charge is -2.34. The molecule has 1 aliphatic heterocycles. The molecule has 0 atom stereocenters. The minimum Gasteiger partial charge on any atom is -0.444 e. The van der Waals surface area contributed by atoms with Crippen LogP contribution in [-0.4, -0.2) is 35.8 Å². The highest BCUT2D eigenvalue weighted by Gasteiger charge is 2.25. The van der Waals surface area contributed by atoms with Crippen molar-refractivity contribution in [2.24, 2.45) is 0 Å². The number of pyridine rings is 1. The molecule has 0 aliphatic carbocycles. The number of amides is 1. The van der Waals surface area contributed by atoms with Gasteiger partial charge in [0, 0.05) is 30.9 Å². The molecular weight excluding hydrogens is 451 g/mol. The number of rotatable bonds is 3. The van der Waals surface area contributed by atoms with Crippen LogP contribution in [0.5, 0.6) is 0 Å². The second kappa shape index (κ2) is 9.00. The molecule has 30 heavy (non-hydrogen) atoms. The Morgan fingerprint density at radius 1 is 1.33 bits per heavy atom. The van der Waals surface area contributed by atoms with Crippen LogP contribution in [-0.2, 0) is 4.74 Å². The van der Waals surface area contributed by atoms with Gasteiger partial charge in [0.25, 0.3) is 0 Å². The standard InChI is InChI=1S/C22H24BrFN4O2/c1-22(2,3)30-21(29)27-16-7-10-28(11-8-16)20-19(23)17(6-9-26-20)14-4-5-15(13-25)18(24)12-14/h4-6,9,12,16H,7-8,10-11H2,1-3H3,(H,27,29). The maximum atomic E-state index is 14.1. The Labute approximate surface area is 184 Å². The number of nitriles is 1. The first kappa shape index (κ1) is 22.0. The van der Waals surface area contributed by atoms with Crippen molar-refractivity contribution in [3.63, 3.8) is 0 Å². The zero-order valence-electron chi connectivity index (χ0n) is 17.2. The normalized spacial score (nSPS) is 14.9. The number of alkyl carbamates (subject to hydrolysis) is 1. The van der Waals surface area contributed by atoms with E-state index in [4.69, 9.17) is 10.00 Å². The second-order valence-corrected chi connectivity index (χ2v) is 9.00. The van der Waals surface area contributed by atoms with Crippen molar-refractivity contribution in [1.82, 2.24) is 10.3 Å². The number of nitrogens with one attached hydrogen (secondary N) is 1. The molecule has 8 heteroatoms. The number of ether oxygens (including phenoxy) is 1. The molecular formula is C22H24BrFN4O2. The number of hydrogen-bond donors (Lipinski definition) is 1. The Morgan fingerprint density at radius 3 is 2.63 bits per heavy atom. The molecule has 1 amide bonds. The van der Waals surface area contributed by atoms with Crippen LogP contribution >= 0.6 is 15.9 Å². The molecule has 1 aromatic heterocycles. The van der Waals surface area contributed by atoms with E-state index in [9.17, 15) is 9.18 Å². The van der Waals surface area contributed by atoms with Gasteiger partial charge in [0.2, 0.25) is 0 Å². The summed E-state index contributed by atoms with van der Waals surface area (Å²) < 4.78 is 20.2. The number of carbonyl (C=O) groups excluding carboxylic acids is 1. The van der Waals surface area contributed by atoms with Gasteiger partial charge in [-0.05, 0) is 73.3 Å². The van der Waals surface area contributed by atoms with Crippen molar-refractivity contribution in [3.05, 3.63) is 46.3 Å². The molecule has 0 spiro atoms. The van der Waals surface area contributed by atoms with Gasteiger partial charge in [-0.2, -0.15) is 5.26 Å². The van der Waals surface area contributed by atoms with E-state index in [-0.39, 0.29) is 11.6 Å². The third-order valence-electron chi connectivity index (χ3n) is 4.79. The molecule has 1 saturated heterocycles. The summed E-state index contributed by atoms with van der Waals surface area (Å²) in [6.07, 6.45) is 2.83. The maximum absolute atomic E-state index is 14.1. The summed E-state index contributed by atoms with van der Waals surface area (Å²) >= 11 is 3.62. The van der Waals surface area contributed by atoms with E-state index in [2.05, 4.69) is 31.1 Å². The quantitative estimate of drug-likeness (QED) is 0.675. The Kier molecular flexibility index (Phi) is 6.61. The summed E-state index contributed by atoms with van der Waals surface area (Å²) in [6.45, 7) is 6.95. The first-order chi connectivity index (χ1) is 14.2. The van der Waals surface area contributed by atoms with Crippen LogP contribution in [0.1, 0.15) is 39.2 Å². The Balaban J connectivity index is 1.70. The summed E-state index contributed by atoms with van der Waals surface area (Å²) in [6, 6.07) is 8.26. The van der Waals surface area contributed by atoms with Crippen molar-refractivity contribution in [2.75, 3.05) is 18.0 Å². The lowest BCUT2D eigenvalue weighted by Crippen LogP contribution is -2.46. The maximum Gasteiger partial charge on any atom is 0.407 e. The van der Waals surface area contributed by atoms with E-state index >= 15 is 0 Å². The molecule has 0 bridgehead atoms. The summed E-state index contributed by atoms with van der Waals surface area (Å²) in [5.74, 6) is 0.224. The highest BCUT2D eigenvalue weighted by atomic mass is 79.9. The SMILES string of the molecule is CC(C)(C)OC(=O)NC1CCN(c2nccc(-c3ccc(C#N)c(F)c3)c2Br)CC1. The lowest BCUT2D eigenvalue weighted by atomic mass is 10.0. The summed E-state index contributed by atoms with van der Waals surface area (Å²) in [4.78, 5) is 18.6. The average Bonchev–Trinajstić information content (AvgIpc) is 2.67. The number of carbonyl (C=O) groups is 1. The smallest absolute Gasteiger partial charge is 0.407 e. The van der Waals surface area contributed by atoms with Crippen molar-refractivity contribution >= 4 is 27.8 Å². The first-order valence-electron chi connectivity index (χ1n) is 9.77. The lowest BCUT2D eigenvalue weighted by molar-refractivity contribution is 0.0497. The second-order valence-electron chi connectivity index (χ2n) is 8.21. The van der Waals surface area contributed by atoms with Crippen molar-refractivity contribution in [3.8, 4) is 17.2 Å². The highest BCUT2D eigenvalue weighted by Crippen LogP contribution is 2.36. The molecule has 1 N–H and O–H groups in total. The number of hydrogen-bond acceptors (Lipinski definition) is 5. The molecule has 1 aromatic carbocycles. The third-order valence-corrected chi connectivity index (χ3v) is 5.57. The zero-order chi connectivity index (χ0) is 21.9. The van der Waals surface area contributed by atoms with E-state index < -0.39 is 17.5 Å². The van der Waals surface area contributed by atoms with Gasteiger partial charge in [-0.1, -0.05) is 6.07 Å². The van der Waals surface area contributed by atoms with Gasteiger partial charge in [-0.25, -0.2) is 14.2 Å². The number of anilines is 1. The average molecular weight is 475 g/mol. The minimum absolute atomic E-state index is 0.0173. The number of benzene rings is 1. The van der Waals surface area contributed by atoms with Crippen molar-refractivity contribution in [2.45, 2.75) is 45.3 Å². The molecule has 0 unspecified atom stereocenters. The first-order valence-corrected chi connectivity index (χ1v) is 10.6. The van der Waals surface area contributed by atoms with Crippen LogP contribution < -0.4 is 10.2 Å². The molecule has 158 valence electrons. The number of aromatic nitrogens is 1. The summed E-state index contributed by atoms with van der Waals surface area (Å²) in [7, 11) is 0. The van der Waals surface area contributed by atoms with E-state index in [0.29, 0.717) is 5.56 Å². The van der Waals surface area contributed by atoms with Crippen LogP contribution in [0.25, 0.3) is 11.1 Å². The van der Waals surface area contributed by atoms with Gasteiger partial charge in [0.05, 0.1) is 10.0 Å². The number of halogens is 2. The van der Waals surface area contributed by atoms with E-state index in [0.717, 1.165) is 41.8 Å². The molecule has 2 heterocycles. The van der Waals surface area contributed by atoms with Crippen LogP contribution in [0.4, 0.5) is 15.0 Å².